The Morgan fingerprint density at radius 1 is 0.893 bits per heavy atom. The summed E-state index contributed by atoms with van der Waals surface area (Å²) >= 11 is 0. The van der Waals surface area contributed by atoms with E-state index in [-0.39, 0.29) is 37.6 Å². The van der Waals surface area contributed by atoms with E-state index in [0.29, 0.717) is 6.42 Å². The molecule has 148 valence electrons. The van der Waals surface area contributed by atoms with E-state index in [9.17, 15) is 14.4 Å². The SMILES string of the molecule is N[C@@H](CCCN(C(=O)Cc1ccccc1)C(=O)Cc1ccccc1)C(=O)NO. The minimum absolute atomic E-state index is 0.116. The number of hydrogen-bond acceptors (Lipinski definition) is 5. The average molecular weight is 383 g/mol. The third-order valence-electron chi connectivity index (χ3n) is 4.34. The van der Waals surface area contributed by atoms with E-state index in [0.717, 1.165) is 11.1 Å². The highest BCUT2D eigenvalue weighted by Crippen LogP contribution is 2.09. The molecule has 3 amide bonds. The van der Waals surface area contributed by atoms with E-state index in [1.165, 1.54) is 10.4 Å². The molecular weight excluding hydrogens is 358 g/mol. The van der Waals surface area contributed by atoms with Gasteiger partial charge in [-0.25, -0.2) is 5.48 Å². The number of carbonyl (C=O) groups excluding carboxylic acids is 3. The molecule has 0 saturated carbocycles. The fourth-order valence-electron chi connectivity index (χ4n) is 2.80. The molecular formula is C21H25N3O4. The molecule has 0 saturated heterocycles. The Kier molecular flexibility index (Phi) is 8.33. The zero-order valence-corrected chi connectivity index (χ0v) is 15.6. The monoisotopic (exact) mass is 383 g/mol. The molecule has 2 rings (SSSR count). The van der Waals surface area contributed by atoms with Gasteiger partial charge in [0.05, 0.1) is 18.9 Å². The largest absolute Gasteiger partial charge is 0.320 e. The second kappa shape index (κ2) is 11.0. The number of benzene rings is 2. The second-order valence-electron chi connectivity index (χ2n) is 6.49. The van der Waals surface area contributed by atoms with Gasteiger partial charge in [0.1, 0.15) is 0 Å². The van der Waals surface area contributed by atoms with Gasteiger partial charge in [0.15, 0.2) is 0 Å². The summed E-state index contributed by atoms with van der Waals surface area (Å²) < 4.78 is 0. The molecule has 0 aliphatic heterocycles. The lowest BCUT2D eigenvalue weighted by Crippen LogP contribution is -2.42. The zero-order valence-electron chi connectivity index (χ0n) is 15.6. The number of amides is 3. The van der Waals surface area contributed by atoms with Gasteiger partial charge in [0.2, 0.25) is 11.8 Å². The minimum Gasteiger partial charge on any atom is -0.320 e. The lowest BCUT2D eigenvalue weighted by Gasteiger charge is -2.22. The van der Waals surface area contributed by atoms with Crippen LogP contribution in [0.4, 0.5) is 0 Å². The fourth-order valence-corrected chi connectivity index (χ4v) is 2.80. The number of hydroxylamine groups is 1. The number of imide groups is 1. The molecule has 7 heteroatoms. The Balaban J connectivity index is 2.04. The highest BCUT2D eigenvalue weighted by atomic mass is 16.5. The van der Waals surface area contributed by atoms with Gasteiger partial charge >= 0.3 is 0 Å². The van der Waals surface area contributed by atoms with Crippen molar-refractivity contribution in [2.75, 3.05) is 6.54 Å². The molecule has 1 atom stereocenters. The van der Waals surface area contributed by atoms with Crippen LogP contribution in [0.3, 0.4) is 0 Å². The van der Waals surface area contributed by atoms with Gasteiger partial charge in [-0.2, -0.15) is 0 Å². The standard InChI is InChI=1S/C21H25N3O4/c22-18(21(27)23-28)12-7-13-24(19(25)14-16-8-3-1-4-9-16)20(26)15-17-10-5-2-6-11-17/h1-6,8-11,18,28H,7,12-15,22H2,(H,23,27)/t18-/m0/s1. The number of nitrogens with zero attached hydrogens (tertiary/aromatic N) is 1. The summed E-state index contributed by atoms with van der Waals surface area (Å²) in [7, 11) is 0. The van der Waals surface area contributed by atoms with Crippen molar-refractivity contribution in [2.24, 2.45) is 5.73 Å². The van der Waals surface area contributed by atoms with Crippen molar-refractivity contribution in [3.63, 3.8) is 0 Å². The Bertz CT molecular complexity index is 727. The molecule has 0 bridgehead atoms. The van der Waals surface area contributed by atoms with Crippen molar-refractivity contribution in [2.45, 2.75) is 31.7 Å². The summed E-state index contributed by atoms with van der Waals surface area (Å²) in [5, 5.41) is 8.62. The van der Waals surface area contributed by atoms with Crippen molar-refractivity contribution >= 4 is 17.7 Å². The van der Waals surface area contributed by atoms with Crippen molar-refractivity contribution in [1.29, 1.82) is 0 Å². The Hall–Kier alpha value is -3.03. The summed E-state index contributed by atoms with van der Waals surface area (Å²) in [4.78, 5) is 38.1. The van der Waals surface area contributed by atoms with Crippen LogP contribution >= 0.6 is 0 Å². The third kappa shape index (κ3) is 6.61. The maximum Gasteiger partial charge on any atom is 0.260 e. The molecule has 0 unspecified atom stereocenters. The predicted octanol–water partition coefficient (Wildman–Crippen LogP) is 1.44. The van der Waals surface area contributed by atoms with Crippen LogP contribution in [0, 0.1) is 0 Å². The molecule has 0 aliphatic carbocycles. The number of nitrogens with one attached hydrogen (secondary N) is 1. The summed E-state index contributed by atoms with van der Waals surface area (Å²) in [6.07, 6.45) is 0.824. The van der Waals surface area contributed by atoms with Crippen LogP contribution < -0.4 is 11.2 Å². The zero-order chi connectivity index (χ0) is 20.4. The van der Waals surface area contributed by atoms with Gasteiger partial charge in [0, 0.05) is 6.54 Å². The number of rotatable bonds is 9. The number of nitrogens with two attached hydrogens (primary N) is 1. The Labute approximate surface area is 164 Å². The Morgan fingerprint density at radius 3 is 1.79 bits per heavy atom. The van der Waals surface area contributed by atoms with E-state index in [1.54, 1.807) is 0 Å². The lowest BCUT2D eigenvalue weighted by molar-refractivity contribution is -0.144. The molecule has 0 spiro atoms. The second-order valence-corrected chi connectivity index (χ2v) is 6.49. The molecule has 0 aliphatic rings. The molecule has 0 radical (unpaired) electrons. The molecule has 2 aromatic rings. The van der Waals surface area contributed by atoms with Crippen LogP contribution in [0.5, 0.6) is 0 Å². The molecule has 28 heavy (non-hydrogen) atoms. The first-order valence-corrected chi connectivity index (χ1v) is 9.12. The smallest absolute Gasteiger partial charge is 0.260 e. The molecule has 0 heterocycles. The van der Waals surface area contributed by atoms with Gasteiger partial charge in [-0.1, -0.05) is 60.7 Å². The lowest BCUT2D eigenvalue weighted by atomic mass is 10.1. The van der Waals surface area contributed by atoms with Crippen LogP contribution in [-0.2, 0) is 27.2 Å². The quantitative estimate of drug-likeness (QED) is 0.448. The molecule has 7 nitrogen and oxygen atoms in total. The maximum atomic E-state index is 12.8. The molecule has 0 fully saturated rings. The van der Waals surface area contributed by atoms with Gasteiger partial charge in [-0.3, -0.25) is 24.5 Å². The van der Waals surface area contributed by atoms with Crippen LogP contribution in [0.15, 0.2) is 60.7 Å². The van der Waals surface area contributed by atoms with Crippen LogP contribution in [-0.4, -0.2) is 40.4 Å². The van der Waals surface area contributed by atoms with Gasteiger partial charge in [0.25, 0.3) is 5.91 Å². The summed E-state index contributed by atoms with van der Waals surface area (Å²) in [6, 6.07) is 17.5. The normalized spacial score (nSPS) is 11.5. The van der Waals surface area contributed by atoms with E-state index in [2.05, 4.69) is 0 Å². The third-order valence-corrected chi connectivity index (χ3v) is 4.34. The Morgan fingerprint density at radius 2 is 1.36 bits per heavy atom. The van der Waals surface area contributed by atoms with Gasteiger partial charge < -0.3 is 5.73 Å². The molecule has 2 aromatic carbocycles. The van der Waals surface area contributed by atoms with Crippen molar-refractivity contribution < 1.29 is 19.6 Å². The van der Waals surface area contributed by atoms with E-state index >= 15 is 0 Å². The fraction of sp³-hybridized carbons (Fsp3) is 0.286. The minimum atomic E-state index is -0.902. The topological polar surface area (TPSA) is 113 Å². The van der Waals surface area contributed by atoms with Crippen molar-refractivity contribution in [3.8, 4) is 0 Å². The van der Waals surface area contributed by atoms with E-state index in [1.807, 2.05) is 60.7 Å². The van der Waals surface area contributed by atoms with Gasteiger partial charge in [-0.15, -0.1) is 0 Å². The summed E-state index contributed by atoms with van der Waals surface area (Å²) in [5.41, 5.74) is 8.80. The average Bonchev–Trinajstić information content (AvgIpc) is 2.71. The van der Waals surface area contributed by atoms with Crippen LogP contribution in [0.25, 0.3) is 0 Å². The van der Waals surface area contributed by atoms with Crippen molar-refractivity contribution in [1.82, 2.24) is 10.4 Å². The highest BCUT2D eigenvalue weighted by molar-refractivity contribution is 5.97. The van der Waals surface area contributed by atoms with E-state index < -0.39 is 11.9 Å². The first-order valence-electron chi connectivity index (χ1n) is 9.12. The number of hydrogen-bond donors (Lipinski definition) is 3. The predicted molar refractivity (Wildman–Crippen MR) is 104 cm³/mol. The van der Waals surface area contributed by atoms with Gasteiger partial charge in [-0.05, 0) is 24.0 Å². The summed E-state index contributed by atoms with van der Waals surface area (Å²) in [5.74, 6) is -1.29. The first-order chi connectivity index (χ1) is 13.5. The molecule has 4 N–H and O–H groups in total. The highest BCUT2D eigenvalue weighted by Gasteiger charge is 2.22. The van der Waals surface area contributed by atoms with Crippen molar-refractivity contribution in [3.05, 3.63) is 71.8 Å². The summed E-state index contributed by atoms with van der Waals surface area (Å²) in [6.45, 7) is 0.156. The van der Waals surface area contributed by atoms with Crippen LogP contribution in [0.2, 0.25) is 0 Å². The maximum absolute atomic E-state index is 12.8. The van der Waals surface area contributed by atoms with Crippen LogP contribution in [0.1, 0.15) is 24.0 Å². The first kappa shape index (κ1) is 21.3. The molecule has 0 aromatic heterocycles. The van der Waals surface area contributed by atoms with E-state index in [4.69, 9.17) is 10.9 Å². The number of carbonyl (C=O) groups is 3.